The fourth-order valence-corrected chi connectivity index (χ4v) is 2.96. The zero-order valence-electron chi connectivity index (χ0n) is 11.4. The number of hydrogen-bond acceptors (Lipinski definition) is 6. The Morgan fingerprint density at radius 2 is 2.29 bits per heavy atom. The van der Waals surface area contributed by atoms with Gasteiger partial charge < -0.3 is 10.6 Å². The molecule has 1 saturated heterocycles. The molecule has 1 amide bonds. The molecule has 0 aliphatic carbocycles. The summed E-state index contributed by atoms with van der Waals surface area (Å²) < 4.78 is 0. The van der Waals surface area contributed by atoms with Gasteiger partial charge in [0.25, 0.3) is 5.69 Å². The lowest BCUT2D eigenvalue weighted by Gasteiger charge is -2.18. The molecule has 21 heavy (non-hydrogen) atoms. The maximum absolute atomic E-state index is 12.0. The number of hydrogen-bond donors (Lipinski definition) is 1. The van der Waals surface area contributed by atoms with Crippen LogP contribution in [0.1, 0.15) is 13.3 Å². The van der Waals surface area contributed by atoms with Gasteiger partial charge in [0, 0.05) is 37.8 Å². The number of nitrogens with zero attached hydrogens (tertiary/aromatic N) is 2. The minimum absolute atomic E-state index is 0.0238. The molecule has 1 fully saturated rings. The molecule has 0 radical (unpaired) electrons. The highest BCUT2D eigenvalue weighted by Gasteiger charge is 2.32. The molecule has 1 aromatic rings. The average molecular weight is 309 g/mol. The molecule has 1 heterocycles. The van der Waals surface area contributed by atoms with Crippen LogP contribution in [0.3, 0.4) is 0 Å². The van der Waals surface area contributed by atoms with Crippen LogP contribution in [0.5, 0.6) is 0 Å². The van der Waals surface area contributed by atoms with E-state index >= 15 is 0 Å². The number of carbonyl (C=O) groups excluding carboxylic acids is 2. The second-order valence-electron chi connectivity index (χ2n) is 4.88. The molecule has 1 atom stereocenters. The number of nitro groups is 1. The number of nitrogen functional groups attached to an aromatic ring is 1. The fourth-order valence-electron chi connectivity index (χ4n) is 2.26. The van der Waals surface area contributed by atoms with Gasteiger partial charge in [-0.05, 0) is 12.0 Å². The Morgan fingerprint density at radius 1 is 1.57 bits per heavy atom. The van der Waals surface area contributed by atoms with E-state index in [1.54, 1.807) is 0 Å². The van der Waals surface area contributed by atoms with E-state index in [0.717, 1.165) is 0 Å². The Kier molecular flexibility index (Phi) is 4.46. The second-order valence-corrected chi connectivity index (χ2v) is 6.07. The van der Waals surface area contributed by atoms with Crippen molar-refractivity contribution in [1.29, 1.82) is 0 Å². The highest BCUT2D eigenvalue weighted by Crippen LogP contribution is 2.33. The largest absolute Gasteiger partial charge is 0.397 e. The molecule has 8 heteroatoms. The van der Waals surface area contributed by atoms with E-state index in [2.05, 4.69) is 0 Å². The Bertz CT molecular complexity index is 605. The van der Waals surface area contributed by atoms with Crippen LogP contribution >= 0.6 is 11.8 Å². The molecule has 0 aromatic heterocycles. The molecule has 1 aromatic carbocycles. The Labute approximate surface area is 125 Å². The van der Waals surface area contributed by atoms with Gasteiger partial charge in [-0.15, -0.1) is 0 Å². The summed E-state index contributed by atoms with van der Waals surface area (Å²) in [5, 5.41) is 10.7. The predicted octanol–water partition coefficient (Wildman–Crippen LogP) is 1.81. The van der Waals surface area contributed by atoms with Gasteiger partial charge in [-0.25, -0.2) is 0 Å². The Morgan fingerprint density at radius 3 is 2.86 bits per heavy atom. The zero-order valence-corrected chi connectivity index (χ0v) is 12.3. The predicted molar refractivity (Wildman–Crippen MR) is 81.1 cm³/mol. The molecular weight excluding hydrogens is 294 g/mol. The Balaban J connectivity index is 2.13. The van der Waals surface area contributed by atoms with Crippen molar-refractivity contribution in [1.82, 2.24) is 0 Å². The van der Waals surface area contributed by atoms with Crippen molar-refractivity contribution in [2.45, 2.75) is 13.3 Å². The van der Waals surface area contributed by atoms with Crippen LogP contribution in [0.25, 0.3) is 0 Å². The van der Waals surface area contributed by atoms with E-state index in [4.69, 9.17) is 5.73 Å². The van der Waals surface area contributed by atoms with Gasteiger partial charge in [-0.3, -0.25) is 19.7 Å². The van der Waals surface area contributed by atoms with Crippen molar-refractivity contribution in [3.63, 3.8) is 0 Å². The number of nitrogens with two attached hydrogens (primary N) is 1. The number of benzene rings is 1. The molecule has 7 nitrogen and oxygen atoms in total. The first-order valence-corrected chi connectivity index (χ1v) is 7.34. The standard InChI is InChI=1S/C13H15N3O4S/c1-8(17)21-7-9-4-13(18)15(6-9)12-3-2-10(16(19)20)5-11(12)14/h2-3,5,9H,4,6-7,14H2,1H3. The van der Waals surface area contributed by atoms with Gasteiger partial charge in [-0.2, -0.15) is 0 Å². The maximum Gasteiger partial charge on any atom is 0.271 e. The number of rotatable bonds is 4. The SMILES string of the molecule is CC(=O)SCC1CC(=O)N(c2ccc([N+](=O)[O-])cc2N)C1. The van der Waals surface area contributed by atoms with E-state index in [1.165, 1.54) is 41.8 Å². The van der Waals surface area contributed by atoms with E-state index in [0.29, 0.717) is 24.4 Å². The number of anilines is 2. The van der Waals surface area contributed by atoms with Gasteiger partial charge in [0.05, 0.1) is 16.3 Å². The number of non-ortho nitro benzene ring substituents is 1. The van der Waals surface area contributed by atoms with Crippen molar-refractivity contribution < 1.29 is 14.5 Å². The molecule has 0 bridgehead atoms. The normalized spacial score (nSPS) is 18.0. The number of thioether (sulfide) groups is 1. The van der Waals surface area contributed by atoms with Crippen LogP contribution in [0.2, 0.25) is 0 Å². The van der Waals surface area contributed by atoms with Crippen LogP contribution in [0.15, 0.2) is 18.2 Å². The quantitative estimate of drug-likeness (QED) is 0.516. The van der Waals surface area contributed by atoms with Gasteiger partial charge in [0.1, 0.15) is 0 Å². The lowest BCUT2D eigenvalue weighted by atomic mass is 10.1. The molecular formula is C13H15N3O4S. The molecule has 0 saturated carbocycles. The van der Waals surface area contributed by atoms with Crippen molar-refractivity contribution in [2.24, 2.45) is 5.92 Å². The molecule has 112 valence electrons. The van der Waals surface area contributed by atoms with Crippen LogP contribution in [0.4, 0.5) is 17.1 Å². The number of carbonyl (C=O) groups is 2. The van der Waals surface area contributed by atoms with Crippen LogP contribution < -0.4 is 10.6 Å². The number of amides is 1. The molecule has 1 aliphatic heterocycles. The van der Waals surface area contributed by atoms with E-state index in [9.17, 15) is 19.7 Å². The third-order valence-corrected chi connectivity index (χ3v) is 4.28. The van der Waals surface area contributed by atoms with Crippen LogP contribution in [0, 0.1) is 16.0 Å². The van der Waals surface area contributed by atoms with Crippen molar-refractivity contribution in [3.05, 3.63) is 28.3 Å². The van der Waals surface area contributed by atoms with Crippen molar-refractivity contribution in [3.8, 4) is 0 Å². The van der Waals surface area contributed by atoms with E-state index < -0.39 is 4.92 Å². The minimum atomic E-state index is -0.530. The van der Waals surface area contributed by atoms with Crippen LogP contribution in [-0.4, -0.2) is 28.2 Å². The van der Waals surface area contributed by atoms with Gasteiger partial charge in [-0.1, -0.05) is 11.8 Å². The first kappa shape index (κ1) is 15.3. The van der Waals surface area contributed by atoms with Crippen LogP contribution in [-0.2, 0) is 9.59 Å². The summed E-state index contributed by atoms with van der Waals surface area (Å²) in [7, 11) is 0. The highest BCUT2D eigenvalue weighted by atomic mass is 32.2. The van der Waals surface area contributed by atoms with Gasteiger partial charge >= 0.3 is 0 Å². The zero-order chi connectivity index (χ0) is 15.6. The lowest BCUT2D eigenvalue weighted by molar-refractivity contribution is -0.384. The summed E-state index contributed by atoms with van der Waals surface area (Å²) in [6.07, 6.45) is 0.358. The third kappa shape index (κ3) is 3.52. The average Bonchev–Trinajstić information content (AvgIpc) is 2.77. The van der Waals surface area contributed by atoms with Gasteiger partial charge in [0.2, 0.25) is 5.91 Å². The topological polar surface area (TPSA) is 107 Å². The Hall–Kier alpha value is -2.09. The summed E-state index contributed by atoms with van der Waals surface area (Å²) >= 11 is 1.20. The molecule has 1 aliphatic rings. The van der Waals surface area contributed by atoms with E-state index in [1.807, 2.05) is 0 Å². The molecule has 2 rings (SSSR count). The monoisotopic (exact) mass is 309 g/mol. The summed E-state index contributed by atoms with van der Waals surface area (Å²) in [5.41, 5.74) is 6.40. The summed E-state index contributed by atoms with van der Waals surface area (Å²) in [6, 6.07) is 4.07. The fraction of sp³-hybridized carbons (Fsp3) is 0.385. The molecule has 0 spiro atoms. The number of nitro benzene ring substituents is 1. The van der Waals surface area contributed by atoms with Crippen molar-refractivity contribution in [2.75, 3.05) is 22.9 Å². The summed E-state index contributed by atoms with van der Waals surface area (Å²) in [4.78, 5) is 34.7. The van der Waals surface area contributed by atoms with E-state index in [-0.39, 0.29) is 28.3 Å². The summed E-state index contributed by atoms with van der Waals surface area (Å²) in [6.45, 7) is 1.97. The van der Waals surface area contributed by atoms with Crippen molar-refractivity contribution >= 4 is 39.8 Å². The molecule has 2 N–H and O–H groups in total. The maximum atomic E-state index is 12.0. The molecule has 1 unspecified atom stereocenters. The third-order valence-electron chi connectivity index (χ3n) is 3.24. The smallest absolute Gasteiger partial charge is 0.271 e. The van der Waals surface area contributed by atoms with Gasteiger partial charge in [0.15, 0.2) is 5.12 Å². The first-order valence-electron chi connectivity index (χ1n) is 6.36. The lowest BCUT2D eigenvalue weighted by Crippen LogP contribution is -2.25. The highest BCUT2D eigenvalue weighted by molar-refractivity contribution is 8.13. The minimum Gasteiger partial charge on any atom is -0.397 e. The second kappa shape index (κ2) is 6.13. The first-order chi connectivity index (χ1) is 9.88. The summed E-state index contributed by atoms with van der Waals surface area (Å²) in [5.74, 6) is 0.593.